The summed E-state index contributed by atoms with van der Waals surface area (Å²) in [6, 6.07) is 4.68. The summed E-state index contributed by atoms with van der Waals surface area (Å²) in [6.07, 6.45) is -0.690. The number of rotatable bonds is 7. The van der Waals surface area contributed by atoms with Gasteiger partial charge in [-0.05, 0) is 18.9 Å². The molecule has 4 atom stereocenters. The molecular weight excluding hydrogens is 472 g/mol. The van der Waals surface area contributed by atoms with Crippen molar-refractivity contribution in [1.29, 1.82) is 0 Å². The molecule has 2 heterocycles. The molecule has 13 heteroatoms. The minimum absolute atomic E-state index is 0.0174. The predicted octanol–water partition coefficient (Wildman–Crippen LogP) is 1.73. The largest absolute Gasteiger partial charge is 0.469 e. The van der Waals surface area contributed by atoms with E-state index in [1.807, 2.05) is 13.1 Å². The van der Waals surface area contributed by atoms with Crippen molar-refractivity contribution in [3.63, 3.8) is 0 Å². The molecule has 0 aromatic heterocycles. The second-order valence-corrected chi connectivity index (χ2v) is 12.1. The Bertz CT molecular complexity index is 959. The molecule has 1 aromatic carbocycles. The van der Waals surface area contributed by atoms with E-state index in [1.54, 1.807) is 0 Å². The minimum Gasteiger partial charge on any atom is -0.469 e. The fraction of sp³-hybridized carbons (Fsp3) is 0.650. The van der Waals surface area contributed by atoms with Crippen LogP contribution in [-0.4, -0.2) is 83.9 Å². The number of hydrogen-bond acceptors (Lipinski definition) is 9. The van der Waals surface area contributed by atoms with E-state index in [9.17, 15) is 23.3 Å². The quantitative estimate of drug-likeness (QED) is 0.237. The third-order valence-electron chi connectivity index (χ3n) is 5.59. The number of fused-ring (bicyclic) bond motifs is 1. The second kappa shape index (κ2) is 11.0. The van der Waals surface area contributed by atoms with Gasteiger partial charge in [-0.25, -0.2) is 12.8 Å². The molecule has 0 bridgehead atoms. The molecule has 0 radical (unpaired) electrons. The zero-order valence-corrected chi connectivity index (χ0v) is 20.7. The molecule has 11 nitrogen and oxygen atoms in total. The molecule has 2 fully saturated rings. The Labute approximate surface area is 194 Å². The lowest BCUT2D eigenvalue weighted by Crippen LogP contribution is -2.58. The van der Waals surface area contributed by atoms with Crippen molar-refractivity contribution in [1.82, 2.24) is 4.31 Å². The molecular formula is C20H29N2O9SSi+. The normalized spacial score (nSPS) is 26.5. The van der Waals surface area contributed by atoms with Crippen LogP contribution in [0.4, 0.5) is 5.69 Å². The standard InChI is InChI=1S/C20H29N2O9SSi/c1-28-20(23)10-14-8-9-16-18(30-14)13-29-12-15(31-33(2)3)11-21(16)32(26,27)19-7-5-4-6-17(19)22(24)25/h4-7,14-16,18H,8-13H2,1-3H3/q+1. The van der Waals surface area contributed by atoms with E-state index in [0.717, 1.165) is 0 Å². The van der Waals surface area contributed by atoms with Crippen molar-refractivity contribution in [3.05, 3.63) is 34.4 Å². The molecule has 2 aliphatic rings. The van der Waals surface area contributed by atoms with Gasteiger partial charge < -0.3 is 14.2 Å². The van der Waals surface area contributed by atoms with Crippen LogP contribution >= 0.6 is 0 Å². The highest BCUT2D eigenvalue weighted by Crippen LogP contribution is 2.34. The number of esters is 1. The van der Waals surface area contributed by atoms with Crippen molar-refractivity contribution in [2.75, 3.05) is 26.9 Å². The summed E-state index contributed by atoms with van der Waals surface area (Å²) >= 11 is 0. The molecule has 0 N–H and O–H groups in total. The van der Waals surface area contributed by atoms with Crippen LogP contribution < -0.4 is 0 Å². The maximum Gasteiger partial charge on any atom is 0.467 e. The zero-order chi connectivity index (χ0) is 24.2. The lowest BCUT2D eigenvalue weighted by molar-refractivity contribution is -0.387. The van der Waals surface area contributed by atoms with Crippen LogP contribution in [0, 0.1) is 10.1 Å². The predicted molar refractivity (Wildman–Crippen MR) is 118 cm³/mol. The lowest BCUT2D eigenvalue weighted by atomic mass is 9.96. The average molecular weight is 502 g/mol. The SMILES string of the molecule is COC(=O)CC1CCC2C(COCC(O[Si+](C)C)CN2S(=O)(=O)c2ccccc2[N+](=O)[O-])O1. The van der Waals surface area contributed by atoms with Gasteiger partial charge in [0.05, 0.1) is 63.0 Å². The van der Waals surface area contributed by atoms with Gasteiger partial charge in [0, 0.05) is 12.6 Å². The van der Waals surface area contributed by atoms with Gasteiger partial charge in [0.2, 0.25) is 10.0 Å². The molecule has 0 saturated carbocycles. The summed E-state index contributed by atoms with van der Waals surface area (Å²) in [4.78, 5) is 22.2. The first-order chi connectivity index (χ1) is 15.6. The number of para-hydroxylation sites is 1. The number of hydrogen-bond donors (Lipinski definition) is 0. The summed E-state index contributed by atoms with van der Waals surface area (Å²) in [5, 5.41) is 11.6. The fourth-order valence-corrected chi connectivity index (χ4v) is 6.87. The van der Waals surface area contributed by atoms with Gasteiger partial charge in [-0.15, -0.1) is 0 Å². The summed E-state index contributed by atoms with van der Waals surface area (Å²) in [5.74, 6) is -0.413. The Morgan fingerprint density at radius 1 is 1.27 bits per heavy atom. The smallest absolute Gasteiger partial charge is 0.467 e. The van der Waals surface area contributed by atoms with Crippen LogP contribution in [0.25, 0.3) is 0 Å². The van der Waals surface area contributed by atoms with Crippen LogP contribution in [-0.2, 0) is 33.5 Å². The zero-order valence-electron chi connectivity index (χ0n) is 18.8. The molecule has 2 saturated heterocycles. The van der Waals surface area contributed by atoms with Crippen molar-refractivity contribution in [2.45, 2.75) is 61.6 Å². The van der Waals surface area contributed by atoms with Gasteiger partial charge in [-0.1, -0.05) is 12.1 Å². The van der Waals surface area contributed by atoms with Gasteiger partial charge >= 0.3 is 15.0 Å². The Morgan fingerprint density at radius 2 is 2.00 bits per heavy atom. The number of sulfonamides is 1. The first-order valence-corrected chi connectivity index (χ1v) is 14.5. The van der Waals surface area contributed by atoms with Crippen LogP contribution in [0.3, 0.4) is 0 Å². The van der Waals surface area contributed by atoms with E-state index in [1.165, 1.54) is 35.7 Å². The minimum atomic E-state index is -4.27. The second-order valence-electron chi connectivity index (χ2n) is 8.21. The molecule has 0 amide bonds. The maximum absolute atomic E-state index is 13.8. The summed E-state index contributed by atoms with van der Waals surface area (Å²) < 4.78 is 51.3. The first-order valence-electron chi connectivity index (χ1n) is 10.7. The molecule has 2 aliphatic heterocycles. The monoisotopic (exact) mass is 501 g/mol. The highest BCUT2D eigenvalue weighted by Gasteiger charge is 2.46. The average Bonchev–Trinajstić information content (AvgIpc) is 2.75. The van der Waals surface area contributed by atoms with Gasteiger partial charge in [-0.3, -0.25) is 14.9 Å². The number of nitro benzene ring substituents is 1. The van der Waals surface area contributed by atoms with Crippen molar-refractivity contribution in [3.8, 4) is 0 Å². The van der Waals surface area contributed by atoms with Gasteiger partial charge in [0.15, 0.2) is 4.90 Å². The van der Waals surface area contributed by atoms with E-state index in [-0.39, 0.29) is 31.1 Å². The van der Waals surface area contributed by atoms with E-state index >= 15 is 0 Å². The van der Waals surface area contributed by atoms with Gasteiger partial charge in [0.1, 0.15) is 6.10 Å². The topological polar surface area (TPSA) is 135 Å². The van der Waals surface area contributed by atoms with E-state index < -0.39 is 60.0 Å². The Hall–Kier alpha value is -1.90. The third kappa shape index (κ3) is 6.16. The molecule has 4 unspecified atom stereocenters. The Kier molecular flexibility index (Phi) is 8.58. The van der Waals surface area contributed by atoms with E-state index in [0.29, 0.717) is 12.8 Å². The number of methoxy groups -OCH3 is 1. The van der Waals surface area contributed by atoms with Crippen molar-refractivity contribution in [2.24, 2.45) is 0 Å². The van der Waals surface area contributed by atoms with Gasteiger partial charge in [-0.2, -0.15) is 4.31 Å². The third-order valence-corrected chi connectivity index (χ3v) is 8.34. The number of carbonyl (C=O) groups is 1. The number of nitrogens with zero attached hydrogens (tertiary/aromatic N) is 2. The Balaban J connectivity index is 1.97. The lowest BCUT2D eigenvalue weighted by Gasteiger charge is -2.43. The van der Waals surface area contributed by atoms with Crippen LogP contribution in [0.1, 0.15) is 19.3 Å². The maximum atomic E-state index is 13.8. The summed E-state index contributed by atoms with van der Waals surface area (Å²) in [6.45, 7) is 4.13. The van der Waals surface area contributed by atoms with Crippen molar-refractivity contribution < 1.29 is 36.8 Å². The number of benzene rings is 1. The number of ether oxygens (including phenoxy) is 3. The summed E-state index contributed by atoms with van der Waals surface area (Å²) in [7, 11) is -4.13. The van der Waals surface area contributed by atoms with Crippen molar-refractivity contribution >= 4 is 30.7 Å². The van der Waals surface area contributed by atoms with Gasteiger partial charge in [0.25, 0.3) is 5.69 Å². The first kappa shape index (κ1) is 25.7. The fourth-order valence-electron chi connectivity index (χ4n) is 4.19. The molecule has 1 aromatic rings. The molecule has 0 spiro atoms. The van der Waals surface area contributed by atoms with Crippen LogP contribution in [0.5, 0.6) is 0 Å². The molecule has 33 heavy (non-hydrogen) atoms. The highest BCUT2D eigenvalue weighted by molar-refractivity contribution is 7.89. The molecule has 3 rings (SSSR count). The number of carbonyl (C=O) groups excluding carboxylic acids is 1. The van der Waals surface area contributed by atoms with E-state index in [2.05, 4.69) is 0 Å². The van der Waals surface area contributed by atoms with E-state index in [4.69, 9.17) is 18.6 Å². The highest BCUT2D eigenvalue weighted by atomic mass is 32.2. The van der Waals surface area contributed by atoms with Crippen LogP contribution in [0.15, 0.2) is 29.2 Å². The Morgan fingerprint density at radius 3 is 2.67 bits per heavy atom. The summed E-state index contributed by atoms with van der Waals surface area (Å²) in [5.41, 5.74) is -0.485. The number of nitro groups is 1. The molecule has 182 valence electrons. The van der Waals surface area contributed by atoms with Crippen LogP contribution in [0.2, 0.25) is 13.1 Å². The molecule has 0 aliphatic carbocycles.